The Balaban J connectivity index is 1.57. The van der Waals surface area contributed by atoms with E-state index in [2.05, 4.69) is 17.4 Å². The molecular formula is C21H29N3O4S. The van der Waals surface area contributed by atoms with Crippen molar-refractivity contribution in [2.75, 3.05) is 18.4 Å². The van der Waals surface area contributed by atoms with E-state index in [4.69, 9.17) is 4.52 Å². The minimum absolute atomic E-state index is 0.0549. The number of carbonyl (C=O) groups excluding carboxylic acids is 1. The third-order valence-corrected chi connectivity index (χ3v) is 7.57. The minimum Gasteiger partial charge on any atom is -0.360 e. The highest BCUT2D eigenvalue weighted by atomic mass is 32.2. The second kappa shape index (κ2) is 9.09. The molecule has 1 fully saturated rings. The van der Waals surface area contributed by atoms with Gasteiger partial charge in [-0.15, -0.1) is 0 Å². The molecular weight excluding hydrogens is 390 g/mol. The normalized spacial score (nSPS) is 16.1. The van der Waals surface area contributed by atoms with Gasteiger partial charge in [0.2, 0.25) is 15.9 Å². The molecule has 1 amide bonds. The van der Waals surface area contributed by atoms with Crippen LogP contribution in [0.5, 0.6) is 0 Å². The van der Waals surface area contributed by atoms with Crippen molar-refractivity contribution in [3.05, 3.63) is 41.3 Å². The van der Waals surface area contributed by atoms with E-state index >= 15 is 0 Å². The summed E-state index contributed by atoms with van der Waals surface area (Å²) in [6.45, 7) is 6.00. The van der Waals surface area contributed by atoms with Gasteiger partial charge in [0.15, 0.2) is 5.76 Å². The molecule has 8 heteroatoms. The van der Waals surface area contributed by atoms with Crippen molar-refractivity contribution >= 4 is 21.6 Å². The number of aryl methyl sites for hydroxylation is 3. The summed E-state index contributed by atoms with van der Waals surface area (Å²) < 4.78 is 32.2. The summed E-state index contributed by atoms with van der Waals surface area (Å²) in [5, 5.41) is 6.71. The van der Waals surface area contributed by atoms with E-state index < -0.39 is 10.0 Å². The lowest BCUT2D eigenvalue weighted by Crippen LogP contribution is -2.41. The van der Waals surface area contributed by atoms with Gasteiger partial charge in [0.25, 0.3) is 0 Å². The summed E-state index contributed by atoms with van der Waals surface area (Å²) in [6.07, 6.45) is 4.33. The number of piperidine rings is 1. The Morgan fingerprint density at radius 2 is 1.86 bits per heavy atom. The maximum absolute atomic E-state index is 12.9. The molecule has 158 valence electrons. The number of rotatable bonds is 7. The van der Waals surface area contributed by atoms with Gasteiger partial charge in [0, 0.05) is 24.7 Å². The number of carbonyl (C=O) groups is 1. The number of benzene rings is 1. The van der Waals surface area contributed by atoms with Crippen LogP contribution < -0.4 is 5.32 Å². The molecule has 0 radical (unpaired) electrons. The maximum Gasteiger partial charge on any atom is 0.248 e. The van der Waals surface area contributed by atoms with Crippen molar-refractivity contribution in [3.63, 3.8) is 0 Å². The predicted octanol–water partition coefficient (Wildman–Crippen LogP) is 3.67. The van der Waals surface area contributed by atoms with Crippen LogP contribution in [0.4, 0.5) is 5.69 Å². The van der Waals surface area contributed by atoms with Crippen LogP contribution in [0, 0.1) is 19.8 Å². The van der Waals surface area contributed by atoms with Crippen molar-refractivity contribution in [1.82, 2.24) is 9.46 Å². The molecule has 0 aliphatic carbocycles. The lowest BCUT2D eigenvalue weighted by Gasteiger charge is -2.30. The van der Waals surface area contributed by atoms with Crippen LogP contribution in [0.1, 0.15) is 49.6 Å². The van der Waals surface area contributed by atoms with Crippen LogP contribution in [-0.4, -0.2) is 36.9 Å². The molecule has 1 N–H and O–H groups in total. The standard InChI is InChI=1S/C21H29N3O4S/c1-4-5-6-17-7-9-19(10-8-17)22-21(25)18-11-13-24(14-12-18)29(26,27)20-15(2)23-28-16(20)3/h7-10,18H,4-6,11-14H2,1-3H3,(H,22,25). The Morgan fingerprint density at radius 3 is 2.41 bits per heavy atom. The van der Waals surface area contributed by atoms with Crippen molar-refractivity contribution < 1.29 is 17.7 Å². The van der Waals surface area contributed by atoms with Crippen molar-refractivity contribution in [2.45, 2.75) is 57.8 Å². The largest absolute Gasteiger partial charge is 0.360 e. The van der Waals surface area contributed by atoms with Gasteiger partial charge >= 0.3 is 0 Å². The predicted molar refractivity (Wildman–Crippen MR) is 111 cm³/mol. The first-order chi connectivity index (χ1) is 13.8. The number of sulfonamides is 1. The zero-order valence-electron chi connectivity index (χ0n) is 17.3. The van der Waals surface area contributed by atoms with E-state index in [0.29, 0.717) is 37.4 Å². The fourth-order valence-electron chi connectivity index (χ4n) is 3.71. The van der Waals surface area contributed by atoms with E-state index in [9.17, 15) is 13.2 Å². The number of hydrogen-bond donors (Lipinski definition) is 1. The molecule has 0 unspecified atom stereocenters. The number of aromatic nitrogens is 1. The van der Waals surface area contributed by atoms with Gasteiger partial charge in [-0.2, -0.15) is 4.31 Å². The molecule has 7 nitrogen and oxygen atoms in total. The summed E-state index contributed by atoms with van der Waals surface area (Å²) in [5.74, 6) is 0.0383. The quantitative estimate of drug-likeness (QED) is 0.739. The van der Waals surface area contributed by atoms with Gasteiger partial charge in [0.1, 0.15) is 10.6 Å². The third kappa shape index (κ3) is 4.87. The van der Waals surface area contributed by atoms with E-state index in [0.717, 1.165) is 24.9 Å². The summed E-state index contributed by atoms with van der Waals surface area (Å²) in [6, 6.07) is 7.95. The highest BCUT2D eigenvalue weighted by Crippen LogP contribution is 2.28. The fourth-order valence-corrected chi connectivity index (χ4v) is 5.47. The number of amides is 1. The molecule has 2 heterocycles. The van der Waals surface area contributed by atoms with Crippen molar-refractivity contribution in [2.24, 2.45) is 5.92 Å². The number of nitrogens with zero attached hydrogens (tertiary/aromatic N) is 2. The van der Waals surface area contributed by atoms with Crippen LogP contribution in [0.25, 0.3) is 0 Å². The zero-order chi connectivity index (χ0) is 21.0. The first-order valence-electron chi connectivity index (χ1n) is 10.2. The van der Waals surface area contributed by atoms with Crippen molar-refractivity contribution in [3.8, 4) is 0 Å². The fraction of sp³-hybridized carbons (Fsp3) is 0.524. The third-order valence-electron chi connectivity index (χ3n) is 5.43. The Labute approximate surface area is 172 Å². The number of nitrogens with one attached hydrogen (secondary N) is 1. The molecule has 1 aliphatic rings. The second-order valence-corrected chi connectivity index (χ2v) is 9.50. The molecule has 2 aromatic rings. The number of hydrogen-bond acceptors (Lipinski definition) is 5. The summed E-state index contributed by atoms with van der Waals surface area (Å²) in [7, 11) is -3.66. The first kappa shape index (κ1) is 21.5. The Kier molecular flexibility index (Phi) is 6.74. The highest BCUT2D eigenvalue weighted by Gasteiger charge is 2.35. The second-order valence-electron chi connectivity index (χ2n) is 7.62. The van der Waals surface area contributed by atoms with Crippen molar-refractivity contribution in [1.29, 1.82) is 0 Å². The summed E-state index contributed by atoms with van der Waals surface area (Å²) in [5.41, 5.74) is 2.41. The van der Waals surface area contributed by atoms with E-state index in [1.54, 1.807) is 13.8 Å². The molecule has 29 heavy (non-hydrogen) atoms. The molecule has 1 aromatic carbocycles. The first-order valence-corrected chi connectivity index (χ1v) is 11.6. The SMILES string of the molecule is CCCCc1ccc(NC(=O)C2CCN(S(=O)(=O)c3c(C)noc3C)CC2)cc1. The maximum atomic E-state index is 12.9. The molecule has 0 bridgehead atoms. The molecule has 0 atom stereocenters. The Bertz CT molecular complexity index is 923. The lowest BCUT2D eigenvalue weighted by molar-refractivity contribution is -0.120. The van der Waals surface area contributed by atoms with Gasteiger partial charge in [-0.05, 0) is 57.2 Å². The molecule has 0 saturated carbocycles. The monoisotopic (exact) mass is 419 g/mol. The van der Waals surface area contributed by atoms with Gasteiger partial charge < -0.3 is 9.84 Å². The van der Waals surface area contributed by atoms with Crippen LogP contribution in [-0.2, 0) is 21.2 Å². The average molecular weight is 420 g/mol. The molecule has 0 spiro atoms. The molecule has 1 aliphatic heterocycles. The van der Waals surface area contributed by atoms with Gasteiger partial charge in [-0.25, -0.2) is 8.42 Å². The van der Waals surface area contributed by atoms with Crippen LogP contribution in [0.2, 0.25) is 0 Å². The summed E-state index contributed by atoms with van der Waals surface area (Å²) in [4.78, 5) is 12.8. The van der Waals surface area contributed by atoms with E-state index in [-0.39, 0.29) is 16.7 Å². The smallest absolute Gasteiger partial charge is 0.248 e. The number of unbranched alkanes of at least 4 members (excludes halogenated alkanes) is 1. The molecule has 1 saturated heterocycles. The highest BCUT2D eigenvalue weighted by molar-refractivity contribution is 7.89. The Morgan fingerprint density at radius 1 is 1.21 bits per heavy atom. The van der Waals surface area contributed by atoms with Gasteiger partial charge in [-0.1, -0.05) is 30.6 Å². The zero-order valence-corrected chi connectivity index (χ0v) is 18.1. The van der Waals surface area contributed by atoms with Crippen LogP contribution in [0.3, 0.4) is 0 Å². The topological polar surface area (TPSA) is 92.5 Å². The Hall–Kier alpha value is -2.19. The summed E-state index contributed by atoms with van der Waals surface area (Å²) >= 11 is 0. The van der Waals surface area contributed by atoms with Gasteiger partial charge in [0.05, 0.1) is 0 Å². The number of anilines is 1. The van der Waals surface area contributed by atoms with Gasteiger partial charge in [-0.3, -0.25) is 4.79 Å². The van der Waals surface area contributed by atoms with Crippen LogP contribution in [0.15, 0.2) is 33.7 Å². The lowest BCUT2D eigenvalue weighted by atomic mass is 9.97. The van der Waals surface area contributed by atoms with E-state index in [1.807, 2.05) is 24.3 Å². The van der Waals surface area contributed by atoms with Crippen LogP contribution >= 0.6 is 0 Å². The average Bonchev–Trinajstić information content (AvgIpc) is 3.06. The molecule has 3 rings (SSSR count). The minimum atomic E-state index is -3.66. The van der Waals surface area contributed by atoms with E-state index in [1.165, 1.54) is 9.87 Å². The molecule has 1 aromatic heterocycles.